The molecule has 1 aromatic rings. The third kappa shape index (κ3) is 2.96. The van der Waals surface area contributed by atoms with Crippen molar-refractivity contribution in [2.75, 3.05) is 19.0 Å². The molecule has 2 N–H and O–H groups in total. The van der Waals surface area contributed by atoms with Crippen molar-refractivity contribution >= 4 is 17.6 Å². The van der Waals surface area contributed by atoms with Crippen LogP contribution in [0.25, 0.3) is 0 Å². The molecule has 0 radical (unpaired) electrons. The molecule has 0 bridgehead atoms. The maximum atomic E-state index is 13.3. The Morgan fingerprint density at radius 2 is 2.20 bits per heavy atom. The number of hydrogen-bond donors (Lipinski definition) is 2. The van der Waals surface area contributed by atoms with Crippen LogP contribution in [-0.4, -0.2) is 31.6 Å². The van der Waals surface area contributed by atoms with Crippen LogP contribution in [-0.2, 0) is 9.53 Å². The summed E-state index contributed by atoms with van der Waals surface area (Å²) in [4.78, 5) is 23.8. The van der Waals surface area contributed by atoms with Crippen molar-refractivity contribution in [2.24, 2.45) is 5.92 Å². The third-order valence-electron chi connectivity index (χ3n) is 3.51. The van der Waals surface area contributed by atoms with Crippen molar-refractivity contribution in [3.05, 3.63) is 29.6 Å². The van der Waals surface area contributed by atoms with E-state index in [-0.39, 0.29) is 29.1 Å². The number of carbonyl (C=O) groups is 2. The van der Waals surface area contributed by atoms with Gasteiger partial charge in [-0.2, -0.15) is 0 Å². The molecule has 1 heterocycles. The van der Waals surface area contributed by atoms with Gasteiger partial charge in [0, 0.05) is 6.04 Å². The number of methoxy groups -OCH3 is 1. The summed E-state index contributed by atoms with van der Waals surface area (Å²) in [6.07, 6.45) is 0.718. The lowest BCUT2D eigenvalue weighted by Gasteiger charge is -2.16. The second kappa shape index (κ2) is 6.00. The summed E-state index contributed by atoms with van der Waals surface area (Å²) >= 11 is 0. The molecule has 2 rings (SSSR count). The number of ether oxygens (including phenoxy) is 1. The lowest BCUT2D eigenvalue weighted by atomic mass is 10.0. The summed E-state index contributed by atoms with van der Waals surface area (Å²) in [6, 6.07) is 3.64. The summed E-state index contributed by atoms with van der Waals surface area (Å²) in [5.74, 6) is -1.55. The van der Waals surface area contributed by atoms with Gasteiger partial charge in [0.05, 0.1) is 24.3 Å². The number of benzene rings is 1. The van der Waals surface area contributed by atoms with E-state index in [1.807, 2.05) is 6.92 Å². The van der Waals surface area contributed by atoms with Crippen LogP contribution in [0.2, 0.25) is 0 Å². The molecule has 1 saturated heterocycles. The van der Waals surface area contributed by atoms with Crippen molar-refractivity contribution in [3.8, 4) is 0 Å². The molecule has 20 heavy (non-hydrogen) atoms. The summed E-state index contributed by atoms with van der Waals surface area (Å²) in [7, 11) is 1.24. The molecule has 1 aliphatic heterocycles. The largest absolute Gasteiger partial charge is 0.465 e. The SMILES string of the molecule is COC(=O)c1ccc(F)cc1NC(=O)C1CCNC1C. The summed E-state index contributed by atoms with van der Waals surface area (Å²) in [5.41, 5.74) is 0.279. The standard InChI is InChI=1S/C14H17FN2O3/c1-8-10(5-6-16-8)13(18)17-12-7-9(15)3-4-11(12)14(19)20-2/h3-4,7-8,10,16H,5-6H2,1-2H3,(H,17,18). The van der Waals surface area contributed by atoms with Gasteiger partial charge in [-0.15, -0.1) is 0 Å². The number of anilines is 1. The van der Waals surface area contributed by atoms with Crippen LogP contribution in [0, 0.1) is 11.7 Å². The molecule has 0 aliphatic carbocycles. The highest BCUT2D eigenvalue weighted by Crippen LogP contribution is 2.22. The van der Waals surface area contributed by atoms with E-state index in [2.05, 4.69) is 15.4 Å². The van der Waals surface area contributed by atoms with Gasteiger partial charge in [0.2, 0.25) is 5.91 Å². The summed E-state index contributed by atoms with van der Waals surface area (Å²) < 4.78 is 17.9. The first-order valence-corrected chi connectivity index (χ1v) is 6.45. The van der Waals surface area contributed by atoms with Gasteiger partial charge in [-0.1, -0.05) is 0 Å². The van der Waals surface area contributed by atoms with Gasteiger partial charge < -0.3 is 15.4 Å². The van der Waals surface area contributed by atoms with Crippen LogP contribution in [0.3, 0.4) is 0 Å². The lowest BCUT2D eigenvalue weighted by Crippen LogP contribution is -2.32. The average molecular weight is 280 g/mol. The number of carbonyl (C=O) groups excluding carboxylic acids is 2. The molecule has 1 fully saturated rings. The number of esters is 1. The average Bonchev–Trinajstić information content (AvgIpc) is 2.84. The first-order chi connectivity index (χ1) is 9.52. The molecule has 1 amide bonds. The molecule has 1 aliphatic rings. The van der Waals surface area contributed by atoms with Gasteiger partial charge in [0.25, 0.3) is 0 Å². The molecular weight excluding hydrogens is 263 g/mol. The van der Waals surface area contributed by atoms with E-state index >= 15 is 0 Å². The molecular formula is C14H17FN2O3. The Hall–Kier alpha value is -1.95. The van der Waals surface area contributed by atoms with Crippen LogP contribution < -0.4 is 10.6 Å². The van der Waals surface area contributed by atoms with Crippen LogP contribution >= 0.6 is 0 Å². The van der Waals surface area contributed by atoms with Crippen molar-refractivity contribution < 1.29 is 18.7 Å². The van der Waals surface area contributed by atoms with Crippen molar-refractivity contribution in [1.29, 1.82) is 0 Å². The number of rotatable bonds is 3. The molecule has 108 valence electrons. The van der Waals surface area contributed by atoms with Crippen LogP contribution in [0.4, 0.5) is 10.1 Å². The predicted octanol–water partition coefficient (Wildman–Crippen LogP) is 1.55. The highest BCUT2D eigenvalue weighted by molar-refractivity contribution is 6.02. The van der Waals surface area contributed by atoms with E-state index < -0.39 is 11.8 Å². The number of amides is 1. The van der Waals surface area contributed by atoms with Gasteiger partial charge in [0.1, 0.15) is 5.82 Å². The van der Waals surface area contributed by atoms with E-state index in [4.69, 9.17) is 0 Å². The Bertz CT molecular complexity index is 533. The van der Waals surface area contributed by atoms with Gasteiger partial charge >= 0.3 is 5.97 Å². The van der Waals surface area contributed by atoms with E-state index in [0.717, 1.165) is 25.1 Å². The molecule has 0 aromatic heterocycles. The van der Waals surface area contributed by atoms with Crippen LogP contribution in [0.5, 0.6) is 0 Å². The first-order valence-electron chi connectivity index (χ1n) is 6.45. The zero-order valence-corrected chi connectivity index (χ0v) is 11.4. The monoisotopic (exact) mass is 280 g/mol. The second-order valence-corrected chi connectivity index (χ2v) is 4.81. The number of halogens is 1. The summed E-state index contributed by atoms with van der Waals surface area (Å²) in [5, 5.41) is 5.79. The minimum atomic E-state index is -0.613. The van der Waals surface area contributed by atoms with Crippen LogP contribution in [0.15, 0.2) is 18.2 Å². The summed E-state index contributed by atoms with van der Waals surface area (Å²) in [6.45, 7) is 2.69. The van der Waals surface area contributed by atoms with Gasteiger partial charge in [-0.25, -0.2) is 9.18 Å². The smallest absolute Gasteiger partial charge is 0.339 e. The maximum absolute atomic E-state index is 13.3. The normalized spacial score (nSPS) is 21.6. The molecule has 5 nitrogen and oxygen atoms in total. The topological polar surface area (TPSA) is 67.4 Å². The Kier molecular flexibility index (Phi) is 4.34. The van der Waals surface area contributed by atoms with Gasteiger partial charge in [-0.3, -0.25) is 4.79 Å². The van der Waals surface area contributed by atoms with E-state index in [1.165, 1.54) is 13.2 Å². The zero-order chi connectivity index (χ0) is 14.7. The lowest BCUT2D eigenvalue weighted by molar-refractivity contribution is -0.120. The van der Waals surface area contributed by atoms with E-state index in [9.17, 15) is 14.0 Å². The zero-order valence-electron chi connectivity index (χ0n) is 11.4. The molecule has 2 unspecified atom stereocenters. The Morgan fingerprint density at radius 3 is 2.80 bits per heavy atom. The predicted molar refractivity (Wildman–Crippen MR) is 71.9 cm³/mol. The van der Waals surface area contributed by atoms with Gasteiger partial charge in [0.15, 0.2) is 0 Å². The Labute approximate surface area is 116 Å². The minimum absolute atomic E-state index is 0.0603. The fraction of sp³-hybridized carbons (Fsp3) is 0.429. The number of hydrogen-bond acceptors (Lipinski definition) is 4. The maximum Gasteiger partial charge on any atom is 0.339 e. The fourth-order valence-electron chi connectivity index (χ4n) is 2.35. The quantitative estimate of drug-likeness (QED) is 0.824. The molecule has 6 heteroatoms. The van der Waals surface area contributed by atoms with Crippen molar-refractivity contribution in [1.82, 2.24) is 5.32 Å². The fourth-order valence-corrected chi connectivity index (χ4v) is 2.35. The van der Waals surface area contributed by atoms with Crippen LogP contribution in [0.1, 0.15) is 23.7 Å². The van der Waals surface area contributed by atoms with Gasteiger partial charge in [-0.05, 0) is 38.1 Å². The molecule has 1 aromatic carbocycles. The number of nitrogens with one attached hydrogen (secondary N) is 2. The molecule has 2 atom stereocenters. The Balaban J connectivity index is 2.21. The highest BCUT2D eigenvalue weighted by atomic mass is 19.1. The van der Waals surface area contributed by atoms with Crippen molar-refractivity contribution in [3.63, 3.8) is 0 Å². The minimum Gasteiger partial charge on any atom is -0.465 e. The highest BCUT2D eigenvalue weighted by Gasteiger charge is 2.30. The molecule has 0 saturated carbocycles. The third-order valence-corrected chi connectivity index (χ3v) is 3.51. The van der Waals surface area contributed by atoms with Crippen molar-refractivity contribution in [2.45, 2.75) is 19.4 Å². The van der Waals surface area contributed by atoms with E-state index in [1.54, 1.807) is 0 Å². The Morgan fingerprint density at radius 1 is 1.45 bits per heavy atom. The van der Waals surface area contributed by atoms with E-state index in [0.29, 0.717) is 0 Å². The first kappa shape index (κ1) is 14.5. The second-order valence-electron chi connectivity index (χ2n) is 4.81. The molecule has 0 spiro atoms.